The molecule has 1 saturated carbocycles. The lowest BCUT2D eigenvalue weighted by atomic mass is 9.78. The number of rotatable bonds is 6. The lowest BCUT2D eigenvalue weighted by Crippen LogP contribution is -2.42. The van der Waals surface area contributed by atoms with Crippen molar-refractivity contribution >= 4 is 5.97 Å². The first-order chi connectivity index (χ1) is 15.0. The van der Waals surface area contributed by atoms with Crippen molar-refractivity contribution in [1.29, 1.82) is 0 Å². The van der Waals surface area contributed by atoms with Crippen molar-refractivity contribution in [1.82, 2.24) is 4.90 Å². The van der Waals surface area contributed by atoms with Crippen molar-refractivity contribution in [2.45, 2.75) is 31.6 Å². The molecule has 1 saturated heterocycles. The number of esters is 1. The maximum Gasteiger partial charge on any atom is 0.337 e. The molecule has 166 valence electrons. The monoisotopic (exact) mass is 429 g/mol. The van der Waals surface area contributed by atoms with Gasteiger partial charge in [-0.05, 0) is 61.1 Å². The maximum absolute atomic E-state index is 13.7. The zero-order valence-corrected chi connectivity index (χ0v) is 17.8. The van der Waals surface area contributed by atoms with E-state index >= 15 is 0 Å². The van der Waals surface area contributed by atoms with Crippen LogP contribution in [0.2, 0.25) is 0 Å². The summed E-state index contributed by atoms with van der Waals surface area (Å²) in [7, 11) is 2.93. The number of halogens is 1. The van der Waals surface area contributed by atoms with Gasteiger partial charge in [0, 0.05) is 25.2 Å². The third-order valence-corrected chi connectivity index (χ3v) is 6.34. The molecule has 2 aliphatic rings. The molecule has 1 aliphatic heterocycles. The van der Waals surface area contributed by atoms with Crippen molar-refractivity contribution in [2.24, 2.45) is 11.8 Å². The van der Waals surface area contributed by atoms with Crippen LogP contribution in [0.1, 0.15) is 28.8 Å². The molecule has 0 unspecified atom stereocenters. The number of ether oxygens (including phenoxy) is 3. The highest BCUT2D eigenvalue weighted by Crippen LogP contribution is 2.39. The summed E-state index contributed by atoms with van der Waals surface area (Å²) in [5.41, 5.74) is 1.24. The fourth-order valence-corrected chi connectivity index (χ4v) is 4.84. The summed E-state index contributed by atoms with van der Waals surface area (Å²) in [4.78, 5) is 14.1. The average molecular weight is 429 g/mol. The summed E-state index contributed by atoms with van der Waals surface area (Å²) < 4.78 is 29.9. The van der Waals surface area contributed by atoms with Gasteiger partial charge >= 0.3 is 5.97 Å². The van der Waals surface area contributed by atoms with Gasteiger partial charge in [0.2, 0.25) is 0 Å². The fourth-order valence-electron chi connectivity index (χ4n) is 4.84. The minimum absolute atomic E-state index is 0.273. The van der Waals surface area contributed by atoms with E-state index in [1.807, 2.05) is 0 Å². The third-order valence-electron chi connectivity index (χ3n) is 6.34. The molecule has 1 heterocycles. The molecule has 0 radical (unpaired) electrons. The summed E-state index contributed by atoms with van der Waals surface area (Å²) in [6.45, 7) is 2.32. The SMILES string of the molecule is COC(=O)c1cccc(O[C@@H]2C[C@@H]3CN(Cc4cc(F)ccc4OC)C[C@@H]3C[C@H]2O)c1. The number of hydrogen-bond acceptors (Lipinski definition) is 6. The first-order valence-electron chi connectivity index (χ1n) is 10.5. The van der Waals surface area contributed by atoms with E-state index in [1.165, 1.54) is 19.2 Å². The van der Waals surface area contributed by atoms with Crippen molar-refractivity contribution in [3.63, 3.8) is 0 Å². The molecule has 2 aromatic rings. The number of aliphatic hydroxyl groups excluding tert-OH is 1. The Kier molecular flexibility index (Phi) is 6.43. The van der Waals surface area contributed by atoms with Crippen LogP contribution < -0.4 is 9.47 Å². The molecule has 0 aromatic heterocycles. The number of aliphatic hydroxyl groups is 1. The van der Waals surface area contributed by atoms with E-state index < -0.39 is 12.1 Å². The first-order valence-corrected chi connectivity index (χ1v) is 10.5. The van der Waals surface area contributed by atoms with Crippen molar-refractivity contribution in [2.75, 3.05) is 27.3 Å². The molecule has 0 amide bonds. The summed E-state index contributed by atoms with van der Waals surface area (Å²) in [6.07, 6.45) is 0.470. The minimum Gasteiger partial charge on any atom is -0.496 e. The Morgan fingerprint density at radius 1 is 1.13 bits per heavy atom. The average Bonchev–Trinajstić information content (AvgIpc) is 3.14. The minimum atomic E-state index is -0.577. The van der Waals surface area contributed by atoms with E-state index in [-0.39, 0.29) is 11.9 Å². The normalized spacial score (nSPS) is 25.7. The molecular formula is C24H28FNO5. The van der Waals surface area contributed by atoms with Gasteiger partial charge < -0.3 is 19.3 Å². The number of carbonyl (C=O) groups excluding carboxylic acids is 1. The predicted molar refractivity (Wildman–Crippen MR) is 113 cm³/mol. The number of fused-ring (bicyclic) bond motifs is 1. The molecule has 2 fully saturated rings. The van der Waals surface area contributed by atoms with E-state index in [0.29, 0.717) is 41.9 Å². The van der Waals surface area contributed by atoms with Crippen LogP contribution in [-0.4, -0.2) is 55.5 Å². The smallest absolute Gasteiger partial charge is 0.337 e. The van der Waals surface area contributed by atoms with Crippen LogP contribution in [0.4, 0.5) is 4.39 Å². The molecule has 6 nitrogen and oxygen atoms in total. The van der Waals surface area contributed by atoms with Gasteiger partial charge in [0.25, 0.3) is 0 Å². The molecule has 31 heavy (non-hydrogen) atoms. The quantitative estimate of drug-likeness (QED) is 0.711. The van der Waals surface area contributed by atoms with Crippen LogP contribution >= 0.6 is 0 Å². The standard InChI is InChI=1S/C24H28FNO5/c1-29-22-7-6-19(25)8-18(22)14-26-12-16-10-21(27)23(11-17(16)13-26)31-20-5-3-4-15(9-20)24(28)30-2/h3-9,16-17,21,23,27H,10-14H2,1-2H3/t16-,17+,21+,23+/m0/s1. The lowest BCUT2D eigenvalue weighted by Gasteiger charge is -2.35. The number of nitrogens with zero attached hydrogens (tertiary/aromatic N) is 1. The number of methoxy groups -OCH3 is 2. The molecule has 0 spiro atoms. The van der Waals surface area contributed by atoms with E-state index in [4.69, 9.17) is 14.2 Å². The predicted octanol–water partition coefficient (Wildman–Crippen LogP) is 3.27. The third kappa shape index (κ3) is 4.83. The van der Waals surface area contributed by atoms with Crippen LogP contribution in [0, 0.1) is 17.7 Å². The number of carbonyl (C=O) groups is 1. The Morgan fingerprint density at radius 3 is 2.65 bits per heavy atom. The highest BCUT2D eigenvalue weighted by atomic mass is 19.1. The topological polar surface area (TPSA) is 68.2 Å². The Hall–Kier alpha value is -2.64. The Bertz CT molecular complexity index is 936. The molecule has 2 aromatic carbocycles. The van der Waals surface area contributed by atoms with Gasteiger partial charge in [0.05, 0.1) is 25.9 Å². The van der Waals surface area contributed by atoms with Gasteiger partial charge in [-0.15, -0.1) is 0 Å². The maximum atomic E-state index is 13.7. The highest BCUT2D eigenvalue weighted by molar-refractivity contribution is 5.89. The van der Waals surface area contributed by atoms with Crippen LogP contribution in [-0.2, 0) is 11.3 Å². The molecular weight excluding hydrogens is 401 g/mol. The fraction of sp³-hybridized carbons (Fsp3) is 0.458. The second kappa shape index (κ2) is 9.24. The van der Waals surface area contributed by atoms with Gasteiger partial charge in [-0.1, -0.05) is 6.07 Å². The van der Waals surface area contributed by atoms with E-state index in [2.05, 4.69) is 4.90 Å². The molecule has 4 atom stereocenters. The first kappa shape index (κ1) is 21.6. The second-order valence-electron chi connectivity index (χ2n) is 8.38. The van der Waals surface area contributed by atoms with Crippen LogP contribution in [0.5, 0.6) is 11.5 Å². The van der Waals surface area contributed by atoms with Gasteiger partial charge in [0.15, 0.2) is 0 Å². The summed E-state index contributed by atoms with van der Waals surface area (Å²) >= 11 is 0. The number of benzene rings is 2. The van der Waals surface area contributed by atoms with Crippen LogP contribution in [0.3, 0.4) is 0 Å². The number of likely N-dealkylation sites (tertiary alicyclic amines) is 1. The van der Waals surface area contributed by atoms with Crippen LogP contribution in [0.25, 0.3) is 0 Å². The van der Waals surface area contributed by atoms with Crippen molar-refractivity contribution < 1.29 is 28.5 Å². The Labute approximate surface area is 181 Å². The van der Waals surface area contributed by atoms with E-state index in [0.717, 1.165) is 25.1 Å². The molecule has 4 rings (SSSR count). The van der Waals surface area contributed by atoms with Gasteiger partial charge in [-0.25, -0.2) is 9.18 Å². The van der Waals surface area contributed by atoms with E-state index in [9.17, 15) is 14.3 Å². The van der Waals surface area contributed by atoms with Gasteiger partial charge in [-0.3, -0.25) is 4.90 Å². The number of hydrogen-bond donors (Lipinski definition) is 1. The lowest BCUT2D eigenvalue weighted by molar-refractivity contribution is -0.0231. The summed E-state index contributed by atoms with van der Waals surface area (Å²) in [5.74, 6) is 1.29. The van der Waals surface area contributed by atoms with Gasteiger partial charge in [0.1, 0.15) is 23.4 Å². The Morgan fingerprint density at radius 2 is 1.90 bits per heavy atom. The highest BCUT2D eigenvalue weighted by Gasteiger charge is 2.42. The van der Waals surface area contributed by atoms with Crippen molar-refractivity contribution in [3.05, 3.63) is 59.4 Å². The second-order valence-corrected chi connectivity index (χ2v) is 8.38. The largest absolute Gasteiger partial charge is 0.496 e. The van der Waals surface area contributed by atoms with Gasteiger partial charge in [-0.2, -0.15) is 0 Å². The zero-order valence-electron chi connectivity index (χ0n) is 17.8. The molecule has 7 heteroatoms. The summed E-state index contributed by atoms with van der Waals surface area (Å²) in [5, 5.41) is 10.7. The molecule has 0 bridgehead atoms. The van der Waals surface area contributed by atoms with Crippen molar-refractivity contribution in [3.8, 4) is 11.5 Å². The molecule has 1 N–H and O–H groups in total. The summed E-state index contributed by atoms with van der Waals surface area (Å²) in [6, 6.07) is 11.4. The zero-order chi connectivity index (χ0) is 22.0. The van der Waals surface area contributed by atoms with E-state index in [1.54, 1.807) is 37.4 Å². The van der Waals surface area contributed by atoms with Crippen LogP contribution in [0.15, 0.2) is 42.5 Å². The molecule has 1 aliphatic carbocycles. The Balaban J connectivity index is 1.40.